The van der Waals surface area contributed by atoms with E-state index in [4.69, 9.17) is 10.9 Å². The predicted octanol–water partition coefficient (Wildman–Crippen LogP) is -0.155. The first-order valence-corrected chi connectivity index (χ1v) is 4.56. The van der Waals surface area contributed by atoms with Crippen molar-refractivity contribution in [3.8, 4) is 0 Å². The number of nitrogens with two attached hydrogens (primary N) is 1. The molecule has 14 heavy (non-hydrogen) atoms. The van der Waals surface area contributed by atoms with Crippen LogP contribution in [0, 0.1) is 0 Å². The fraction of sp³-hybridized carbons (Fsp3) is 0.333. The molecule has 0 fully saturated rings. The molecule has 1 aromatic rings. The van der Waals surface area contributed by atoms with Crippen molar-refractivity contribution in [3.05, 3.63) is 5.69 Å². The molecular formula is C6H8N4O3S. The van der Waals surface area contributed by atoms with Crippen LogP contribution >= 0.6 is 11.8 Å². The second-order valence-corrected chi connectivity index (χ2v) is 3.36. The molecule has 1 rings (SSSR count). The van der Waals surface area contributed by atoms with Gasteiger partial charge in [0.1, 0.15) is 5.78 Å². The van der Waals surface area contributed by atoms with Crippen molar-refractivity contribution in [3.63, 3.8) is 0 Å². The van der Waals surface area contributed by atoms with Gasteiger partial charge in [0.25, 0.3) is 0 Å². The Morgan fingerprint density at radius 3 is 3.00 bits per heavy atom. The number of oxime groups is 1. The molecule has 0 radical (unpaired) electrons. The topological polar surface area (TPSA) is 115 Å². The maximum atomic E-state index is 10.7. The molecule has 0 saturated heterocycles. The van der Waals surface area contributed by atoms with Gasteiger partial charge in [0.05, 0.1) is 5.75 Å². The highest BCUT2D eigenvalue weighted by Crippen LogP contribution is 2.18. The molecule has 76 valence electrons. The van der Waals surface area contributed by atoms with Crippen LogP contribution in [0.25, 0.3) is 0 Å². The third kappa shape index (κ3) is 2.46. The van der Waals surface area contributed by atoms with Gasteiger partial charge in [-0.1, -0.05) is 16.9 Å². The average molecular weight is 216 g/mol. The fourth-order valence-electron chi connectivity index (χ4n) is 0.649. The molecule has 0 unspecified atom stereocenters. The summed E-state index contributed by atoms with van der Waals surface area (Å²) in [5.41, 5.74) is 5.42. The minimum absolute atomic E-state index is 0.0107. The van der Waals surface area contributed by atoms with Gasteiger partial charge >= 0.3 is 0 Å². The number of hydrogen-bond acceptors (Lipinski definition) is 7. The van der Waals surface area contributed by atoms with Crippen LogP contribution in [-0.2, 0) is 4.79 Å². The summed E-state index contributed by atoms with van der Waals surface area (Å²) >= 11 is 1.12. The average Bonchev–Trinajstić information content (AvgIpc) is 2.61. The van der Waals surface area contributed by atoms with Crippen LogP contribution in [0.5, 0.6) is 0 Å². The van der Waals surface area contributed by atoms with E-state index in [-0.39, 0.29) is 23.1 Å². The normalized spacial score (nSPS) is 11.6. The fourth-order valence-corrected chi connectivity index (χ4v) is 1.35. The number of nitrogens with zero attached hydrogens (tertiary/aromatic N) is 3. The third-order valence-electron chi connectivity index (χ3n) is 1.22. The van der Waals surface area contributed by atoms with Gasteiger partial charge in [-0.2, -0.15) is 0 Å². The summed E-state index contributed by atoms with van der Waals surface area (Å²) in [6, 6.07) is 0. The summed E-state index contributed by atoms with van der Waals surface area (Å²) in [5.74, 6) is 0.0284. The van der Waals surface area contributed by atoms with Crippen LogP contribution in [-0.4, -0.2) is 32.9 Å². The zero-order chi connectivity index (χ0) is 10.6. The number of carbonyl (C=O) groups excluding carboxylic acids is 1. The lowest BCUT2D eigenvalue weighted by molar-refractivity contribution is -0.114. The largest absolute Gasteiger partial charge is 0.409 e. The molecule has 0 saturated carbocycles. The van der Waals surface area contributed by atoms with Crippen molar-refractivity contribution in [1.29, 1.82) is 0 Å². The molecular weight excluding hydrogens is 208 g/mol. The smallest absolute Gasteiger partial charge is 0.195 e. The quantitative estimate of drug-likeness (QED) is 0.236. The van der Waals surface area contributed by atoms with Crippen LogP contribution in [0.1, 0.15) is 12.6 Å². The van der Waals surface area contributed by atoms with Crippen molar-refractivity contribution in [2.45, 2.75) is 11.9 Å². The number of rotatable bonds is 4. The Kier molecular flexibility index (Phi) is 3.46. The molecule has 0 aromatic carbocycles. The summed E-state index contributed by atoms with van der Waals surface area (Å²) < 4.78 is 4.40. The summed E-state index contributed by atoms with van der Waals surface area (Å²) in [4.78, 5) is 10.7. The monoisotopic (exact) mass is 216 g/mol. The molecule has 1 heterocycles. The van der Waals surface area contributed by atoms with Crippen LogP contribution < -0.4 is 5.73 Å². The van der Waals surface area contributed by atoms with Gasteiger partial charge in [-0.3, -0.25) is 4.79 Å². The molecule has 0 aliphatic carbocycles. The summed E-state index contributed by atoms with van der Waals surface area (Å²) in [7, 11) is 0. The van der Waals surface area contributed by atoms with Crippen LogP contribution in [0.15, 0.2) is 14.8 Å². The number of thioether (sulfide) groups is 1. The number of carbonyl (C=O) groups is 1. The lowest BCUT2D eigenvalue weighted by atomic mass is 10.4. The molecule has 7 nitrogen and oxygen atoms in total. The van der Waals surface area contributed by atoms with Gasteiger partial charge in [-0.05, 0) is 17.2 Å². The molecule has 0 aliphatic heterocycles. The van der Waals surface area contributed by atoms with Crippen LogP contribution in [0.4, 0.5) is 0 Å². The zero-order valence-corrected chi connectivity index (χ0v) is 8.11. The van der Waals surface area contributed by atoms with Crippen LogP contribution in [0.2, 0.25) is 0 Å². The molecule has 0 bridgehead atoms. The van der Waals surface area contributed by atoms with E-state index in [2.05, 4.69) is 20.1 Å². The highest BCUT2D eigenvalue weighted by molar-refractivity contribution is 8.00. The zero-order valence-electron chi connectivity index (χ0n) is 7.30. The van der Waals surface area contributed by atoms with E-state index in [0.717, 1.165) is 11.8 Å². The van der Waals surface area contributed by atoms with Crippen molar-refractivity contribution in [1.82, 2.24) is 10.3 Å². The Bertz CT molecular complexity index is 362. The van der Waals surface area contributed by atoms with E-state index in [1.54, 1.807) is 0 Å². The van der Waals surface area contributed by atoms with Crippen LogP contribution in [0.3, 0.4) is 0 Å². The number of aromatic nitrogens is 2. The molecule has 0 amide bonds. The van der Waals surface area contributed by atoms with Gasteiger partial charge in [0.15, 0.2) is 16.6 Å². The van der Waals surface area contributed by atoms with E-state index >= 15 is 0 Å². The Labute approximate surface area is 83.3 Å². The predicted molar refractivity (Wildman–Crippen MR) is 48.2 cm³/mol. The van der Waals surface area contributed by atoms with Gasteiger partial charge in [0.2, 0.25) is 0 Å². The highest BCUT2D eigenvalue weighted by Gasteiger charge is 2.15. The standard InChI is InChI=1S/C6H8N4O3S/c1-3(11)2-14-6-4(5(7)8-12)9-13-10-6/h12H,2H2,1H3,(H2,7,8). The summed E-state index contributed by atoms with van der Waals surface area (Å²) in [6.07, 6.45) is 0. The van der Waals surface area contributed by atoms with Crippen molar-refractivity contribution >= 4 is 23.4 Å². The second-order valence-electron chi connectivity index (χ2n) is 2.39. The van der Waals surface area contributed by atoms with Gasteiger partial charge in [-0.15, -0.1) is 0 Å². The van der Waals surface area contributed by atoms with E-state index in [0.29, 0.717) is 5.03 Å². The lowest BCUT2D eigenvalue weighted by Crippen LogP contribution is -2.14. The molecule has 8 heteroatoms. The Balaban J connectivity index is 2.77. The van der Waals surface area contributed by atoms with Crippen molar-refractivity contribution in [2.75, 3.05) is 5.75 Å². The molecule has 1 aromatic heterocycles. The van der Waals surface area contributed by atoms with E-state index in [9.17, 15) is 4.79 Å². The Hall–Kier alpha value is -1.57. The minimum Gasteiger partial charge on any atom is -0.409 e. The number of amidine groups is 1. The van der Waals surface area contributed by atoms with E-state index in [1.165, 1.54) is 6.92 Å². The van der Waals surface area contributed by atoms with Gasteiger partial charge in [-0.25, -0.2) is 4.63 Å². The minimum atomic E-state index is -0.197. The molecule has 0 atom stereocenters. The number of Topliss-reactive ketones (excluding diaryl/α,β-unsaturated/α-hetero) is 1. The SMILES string of the molecule is CC(=O)CSc1nonc1/C(N)=N/O. The second kappa shape index (κ2) is 4.61. The Morgan fingerprint density at radius 1 is 1.71 bits per heavy atom. The summed E-state index contributed by atoms with van der Waals surface area (Å²) in [5, 5.41) is 18.4. The lowest BCUT2D eigenvalue weighted by Gasteiger charge is -1.94. The molecule has 0 spiro atoms. The maximum absolute atomic E-state index is 10.7. The Morgan fingerprint density at radius 2 is 2.43 bits per heavy atom. The summed E-state index contributed by atoms with van der Waals surface area (Å²) in [6.45, 7) is 1.45. The van der Waals surface area contributed by atoms with E-state index in [1.807, 2.05) is 0 Å². The maximum Gasteiger partial charge on any atom is 0.195 e. The van der Waals surface area contributed by atoms with E-state index < -0.39 is 0 Å². The number of hydrogen-bond donors (Lipinski definition) is 2. The highest BCUT2D eigenvalue weighted by atomic mass is 32.2. The third-order valence-corrected chi connectivity index (χ3v) is 2.31. The first-order valence-electron chi connectivity index (χ1n) is 3.58. The molecule has 0 aliphatic rings. The molecule has 3 N–H and O–H groups in total. The van der Waals surface area contributed by atoms with Gasteiger partial charge in [0, 0.05) is 0 Å². The first kappa shape index (κ1) is 10.5. The van der Waals surface area contributed by atoms with Gasteiger partial charge < -0.3 is 10.9 Å². The van der Waals surface area contributed by atoms with Crippen molar-refractivity contribution < 1.29 is 14.6 Å². The number of ketones is 1. The first-order chi connectivity index (χ1) is 6.65. The van der Waals surface area contributed by atoms with Crippen molar-refractivity contribution in [2.24, 2.45) is 10.9 Å².